The van der Waals surface area contributed by atoms with Crippen molar-refractivity contribution in [2.45, 2.75) is 31.6 Å². The van der Waals surface area contributed by atoms with Gasteiger partial charge < -0.3 is 5.32 Å². The van der Waals surface area contributed by atoms with Crippen molar-refractivity contribution in [2.24, 2.45) is 5.92 Å². The van der Waals surface area contributed by atoms with Crippen molar-refractivity contribution in [2.75, 3.05) is 13.6 Å². The van der Waals surface area contributed by atoms with Gasteiger partial charge >= 0.3 is 0 Å². The van der Waals surface area contributed by atoms with Crippen molar-refractivity contribution in [3.8, 4) is 0 Å². The largest absolute Gasteiger partial charge is 0.352 e. The van der Waals surface area contributed by atoms with Crippen LogP contribution in [-0.2, 0) is 10.0 Å². The molecule has 21 heavy (non-hydrogen) atoms. The monoisotopic (exact) mass is 332 g/mol. The molecule has 2 N–H and O–H groups in total. The Morgan fingerprint density at radius 2 is 2.00 bits per heavy atom. The van der Waals surface area contributed by atoms with Gasteiger partial charge in [-0.3, -0.25) is 4.79 Å². The van der Waals surface area contributed by atoms with Gasteiger partial charge in [0.05, 0.1) is 15.5 Å². The minimum atomic E-state index is -3.60. The van der Waals surface area contributed by atoms with Crippen LogP contribution in [0.3, 0.4) is 0 Å². The Balaban J connectivity index is 2.82. The molecule has 0 saturated carbocycles. The van der Waals surface area contributed by atoms with Crippen molar-refractivity contribution in [1.82, 2.24) is 10.0 Å². The predicted molar refractivity (Wildman–Crippen MR) is 84.1 cm³/mol. The Morgan fingerprint density at radius 1 is 1.33 bits per heavy atom. The van der Waals surface area contributed by atoms with Crippen LogP contribution in [0.2, 0.25) is 5.02 Å². The summed E-state index contributed by atoms with van der Waals surface area (Å²) < 4.78 is 25.7. The molecule has 0 saturated heterocycles. The van der Waals surface area contributed by atoms with Gasteiger partial charge in [0, 0.05) is 6.54 Å². The fourth-order valence-electron chi connectivity index (χ4n) is 1.77. The first-order valence-electron chi connectivity index (χ1n) is 6.79. The van der Waals surface area contributed by atoms with E-state index >= 15 is 0 Å². The highest BCUT2D eigenvalue weighted by atomic mass is 35.5. The Bertz CT molecular complexity index is 600. The molecule has 0 aliphatic carbocycles. The van der Waals surface area contributed by atoms with Crippen LogP contribution in [0.15, 0.2) is 23.1 Å². The quantitative estimate of drug-likeness (QED) is 0.753. The van der Waals surface area contributed by atoms with Gasteiger partial charge in [0.1, 0.15) is 0 Å². The van der Waals surface area contributed by atoms with Crippen LogP contribution in [0.25, 0.3) is 0 Å². The molecule has 0 bridgehead atoms. The van der Waals surface area contributed by atoms with Crippen LogP contribution in [0.4, 0.5) is 0 Å². The van der Waals surface area contributed by atoms with E-state index in [1.165, 1.54) is 25.2 Å². The van der Waals surface area contributed by atoms with Crippen molar-refractivity contribution >= 4 is 27.5 Å². The lowest BCUT2D eigenvalue weighted by atomic mass is 10.1. The number of benzene rings is 1. The Hall–Kier alpha value is -1.11. The number of sulfonamides is 1. The number of nitrogens with one attached hydrogen (secondary N) is 2. The lowest BCUT2D eigenvalue weighted by molar-refractivity contribution is 0.0952. The molecule has 0 atom stereocenters. The molecule has 1 aromatic carbocycles. The Kier molecular flexibility index (Phi) is 6.64. The number of carbonyl (C=O) groups excluding carboxylic acids is 1. The highest BCUT2D eigenvalue weighted by Crippen LogP contribution is 2.20. The van der Waals surface area contributed by atoms with Crippen molar-refractivity contribution in [3.63, 3.8) is 0 Å². The van der Waals surface area contributed by atoms with Crippen LogP contribution in [0.5, 0.6) is 0 Å². The lowest BCUT2D eigenvalue weighted by Crippen LogP contribution is -2.26. The van der Waals surface area contributed by atoms with Gasteiger partial charge in [-0.15, -0.1) is 0 Å². The summed E-state index contributed by atoms with van der Waals surface area (Å²) in [6.07, 6.45) is 1.89. The molecule has 0 spiro atoms. The second-order valence-electron chi connectivity index (χ2n) is 5.14. The summed E-state index contributed by atoms with van der Waals surface area (Å²) in [7, 11) is -2.28. The zero-order valence-electron chi connectivity index (χ0n) is 12.4. The molecular weight excluding hydrogens is 312 g/mol. The third kappa shape index (κ3) is 5.30. The van der Waals surface area contributed by atoms with Gasteiger partial charge in [-0.2, -0.15) is 0 Å². The van der Waals surface area contributed by atoms with Gasteiger partial charge in [-0.05, 0) is 44.0 Å². The van der Waals surface area contributed by atoms with Crippen LogP contribution in [-0.4, -0.2) is 27.9 Å². The van der Waals surface area contributed by atoms with Crippen LogP contribution < -0.4 is 10.0 Å². The highest BCUT2D eigenvalue weighted by Gasteiger charge is 2.17. The third-order valence-electron chi connectivity index (χ3n) is 3.01. The molecule has 1 rings (SSSR count). The first kappa shape index (κ1) is 17.9. The van der Waals surface area contributed by atoms with E-state index in [4.69, 9.17) is 11.6 Å². The topological polar surface area (TPSA) is 75.3 Å². The second-order valence-corrected chi connectivity index (χ2v) is 7.43. The van der Waals surface area contributed by atoms with Crippen molar-refractivity contribution in [3.05, 3.63) is 28.8 Å². The predicted octanol–water partition coefficient (Wildman–Crippen LogP) is 2.41. The summed E-state index contributed by atoms with van der Waals surface area (Å²) in [6.45, 7) is 4.77. The number of amides is 1. The zero-order valence-corrected chi connectivity index (χ0v) is 14.0. The molecule has 0 radical (unpaired) electrons. The molecule has 0 aliphatic heterocycles. The van der Waals surface area contributed by atoms with E-state index in [1.54, 1.807) is 0 Å². The Morgan fingerprint density at radius 3 is 2.57 bits per heavy atom. The molecule has 0 heterocycles. The smallest absolute Gasteiger partial charge is 0.252 e. The minimum Gasteiger partial charge on any atom is -0.352 e. The molecule has 7 heteroatoms. The van der Waals surface area contributed by atoms with E-state index in [9.17, 15) is 13.2 Å². The third-order valence-corrected chi connectivity index (χ3v) is 4.75. The van der Waals surface area contributed by atoms with E-state index in [0.29, 0.717) is 12.5 Å². The van der Waals surface area contributed by atoms with Gasteiger partial charge in [0.15, 0.2) is 0 Å². The van der Waals surface area contributed by atoms with Crippen molar-refractivity contribution in [1.29, 1.82) is 0 Å². The average molecular weight is 333 g/mol. The summed E-state index contributed by atoms with van der Waals surface area (Å²) in [5, 5.41) is 2.98. The molecule has 0 fully saturated rings. The molecule has 1 amide bonds. The minimum absolute atomic E-state index is 0.0155. The van der Waals surface area contributed by atoms with Gasteiger partial charge in [0.2, 0.25) is 10.0 Å². The fraction of sp³-hybridized carbons (Fsp3) is 0.500. The summed E-state index contributed by atoms with van der Waals surface area (Å²) in [4.78, 5) is 12.1. The standard InChI is InChI=1S/C14H21ClN2O3S/c1-10(2)5-4-8-17-14(18)12-9-11(6-7-13(12)15)21(19,20)16-3/h6-7,9-10,16H,4-5,8H2,1-3H3,(H,17,18). The number of rotatable bonds is 7. The van der Waals surface area contributed by atoms with Crippen molar-refractivity contribution < 1.29 is 13.2 Å². The summed E-state index contributed by atoms with van der Waals surface area (Å²) in [5.74, 6) is 0.214. The van der Waals surface area contributed by atoms with E-state index in [-0.39, 0.29) is 21.4 Å². The SMILES string of the molecule is CNS(=O)(=O)c1ccc(Cl)c(C(=O)NCCCC(C)C)c1. The maximum atomic E-state index is 12.1. The summed E-state index contributed by atoms with van der Waals surface area (Å²) in [5.41, 5.74) is 0.164. The molecule has 0 aliphatic rings. The normalized spacial score (nSPS) is 11.7. The molecule has 118 valence electrons. The first-order chi connectivity index (χ1) is 9.77. The van der Waals surface area contributed by atoms with Gasteiger partial charge in [-0.1, -0.05) is 25.4 Å². The van der Waals surface area contributed by atoms with Crippen LogP contribution in [0, 0.1) is 5.92 Å². The molecule has 0 aromatic heterocycles. The van der Waals surface area contributed by atoms with Gasteiger partial charge in [-0.25, -0.2) is 13.1 Å². The average Bonchev–Trinajstić information content (AvgIpc) is 2.43. The van der Waals surface area contributed by atoms with E-state index in [0.717, 1.165) is 12.8 Å². The zero-order chi connectivity index (χ0) is 16.0. The van der Waals surface area contributed by atoms with Crippen LogP contribution in [0.1, 0.15) is 37.0 Å². The van der Waals surface area contributed by atoms with Gasteiger partial charge in [0.25, 0.3) is 5.91 Å². The number of halogens is 1. The maximum Gasteiger partial charge on any atom is 0.252 e. The van der Waals surface area contributed by atoms with E-state index in [2.05, 4.69) is 23.9 Å². The number of hydrogen-bond donors (Lipinski definition) is 2. The molecule has 5 nitrogen and oxygen atoms in total. The summed E-state index contributed by atoms with van der Waals surface area (Å²) >= 11 is 5.97. The molecular formula is C14H21ClN2O3S. The Labute approximate surface area is 131 Å². The fourth-order valence-corrected chi connectivity index (χ4v) is 2.73. The van der Waals surface area contributed by atoms with E-state index < -0.39 is 10.0 Å². The van der Waals surface area contributed by atoms with Crippen LogP contribution >= 0.6 is 11.6 Å². The lowest BCUT2D eigenvalue weighted by Gasteiger charge is -2.10. The first-order valence-corrected chi connectivity index (χ1v) is 8.65. The second kappa shape index (κ2) is 7.77. The molecule has 0 unspecified atom stereocenters. The molecule has 1 aromatic rings. The number of carbonyl (C=O) groups is 1. The van der Waals surface area contributed by atoms with E-state index in [1.807, 2.05) is 0 Å². The maximum absolute atomic E-state index is 12.1. The summed E-state index contributed by atoms with van der Waals surface area (Å²) in [6, 6.07) is 4.06. The highest BCUT2D eigenvalue weighted by molar-refractivity contribution is 7.89. The number of hydrogen-bond acceptors (Lipinski definition) is 3.